The lowest BCUT2D eigenvalue weighted by Crippen LogP contribution is -2.48. The molecule has 1 aromatic heterocycles. The lowest BCUT2D eigenvalue weighted by Gasteiger charge is -2.35. The van der Waals surface area contributed by atoms with E-state index in [0.29, 0.717) is 32.2 Å². The molecule has 0 aliphatic carbocycles. The van der Waals surface area contributed by atoms with Crippen molar-refractivity contribution in [1.29, 1.82) is 0 Å². The van der Waals surface area contributed by atoms with Gasteiger partial charge in [0.1, 0.15) is 12.1 Å². The Morgan fingerprint density at radius 1 is 1.59 bits per heavy atom. The molecular formula is C14H23N5O3. The molecule has 2 N–H and O–H groups in total. The highest BCUT2D eigenvalue weighted by atomic mass is 16.5. The van der Waals surface area contributed by atoms with E-state index in [2.05, 4.69) is 14.9 Å². The van der Waals surface area contributed by atoms with Gasteiger partial charge in [-0.25, -0.2) is 9.97 Å². The van der Waals surface area contributed by atoms with Crippen LogP contribution in [-0.4, -0.2) is 73.3 Å². The van der Waals surface area contributed by atoms with Crippen LogP contribution in [0.1, 0.15) is 6.92 Å². The number of hydrogen-bond acceptors (Lipinski definition) is 7. The number of primary amides is 1. The average Bonchev–Trinajstić information content (AvgIpc) is 2.47. The SMILES string of the molecule is CCOc1cc(N2CCOC(CN(C)CC(N)=O)C2)ncn1. The van der Waals surface area contributed by atoms with E-state index < -0.39 is 0 Å². The smallest absolute Gasteiger partial charge is 0.231 e. The normalized spacial score (nSPS) is 18.5. The molecule has 1 saturated heterocycles. The molecule has 8 nitrogen and oxygen atoms in total. The zero-order valence-corrected chi connectivity index (χ0v) is 13.1. The summed E-state index contributed by atoms with van der Waals surface area (Å²) in [7, 11) is 1.85. The van der Waals surface area contributed by atoms with Gasteiger partial charge < -0.3 is 20.1 Å². The van der Waals surface area contributed by atoms with Crippen LogP contribution in [0.15, 0.2) is 12.4 Å². The quantitative estimate of drug-likeness (QED) is 0.725. The Labute approximate surface area is 130 Å². The second-order valence-corrected chi connectivity index (χ2v) is 5.25. The first-order valence-corrected chi connectivity index (χ1v) is 7.36. The molecule has 22 heavy (non-hydrogen) atoms. The van der Waals surface area contributed by atoms with Crippen LogP contribution >= 0.6 is 0 Å². The van der Waals surface area contributed by atoms with E-state index in [4.69, 9.17) is 15.2 Å². The fourth-order valence-electron chi connectivity index (χ4n) is 2.45. The van der Waals surface area contributed by atoms with Gasteiger partial charge in [0.15, 0.2) is 0 Å². The molecule has 1 atom stereocenters. The van der Waals surface area contributed by atoms with Crippen LogP contribution < -0.4 is 15.4 Å². The molecule has 1 unspecified atom stereocenters. The number of ether oxygens (including phenoxy) is 2. The molecule has 0 radical (unpaired) electrons. The maximum atomic E-state index is 10.9. The minimum atomic E-state index is -0.340. The van der Waals surface area contributed by atoms with Gasteiger partial charge in [0.25, 0.3) is 0 Å². The number of anilines is 1. The molecule has 1 aliphatic rings. The van der Waals surface area contributed by atoms with E-state index in [0.717, 1.165) is 12.4 Å². The van der Waals surface area contributed by atoms with Crippen molar-refractivity contribution in [2.24, 2.45) is 5.73 Å². The predicted octanol–water partition coefficient (Wildman–Crippen LogP) is -0.502. The summed E-state index contributed by atoms with van der Waals surface area (Å²) in [5.74, 6) is 1.05. The first-order chi connectivity index (χ1) is 10.6. The largest absolute Gasteiger partial charge is 0.478 e. The summed E-state index contributed by atoms with van der Waals surface area (Å²) in [6, 6.07) is 1.83. The van der Waals surface area contributed by atoms with Crippen molar-refractivity contribution in [3.8, 4) is 5.88 Å². The van der Waals surface area contributed by atoms with Gasteiger partial charge in [0, 0.05) is 25.7 Å². The monoisotopic (exact) mass is 309 g/mol. The predicted molar refractivity (Wildman–Crippen MR) is 81.8 cm³/mol. The number of morpholine rings is 1. The fraction of sp³-hybridized carbons (Fsp3) is 0.643. The Morgan fingerprint density at radius 3 is 3.14 bits per heavy atom. The van der Waals surface area contributed by atoms with Crippen molar-refractivity contribution >= 4 is 11.7 Å². The second kappa shape index (κ2) is 7.90. The van der Waals surface area contributed by atoms with Crippen molar-refractivity contribution in [3.63, 3.8) is 0 Å². The van der Waals surface area contributed by atoms with Gasteiger partial charge in [-0.3, -0.25) is 9.69 Å². The van der Waals surface area contributed by atoms with Gasteiger partial charge in [0.05, 0.1) is 25.9 Å². The highest BCUT2D eigenvalue weighted by Gasteiger charge is 2.23. The molecule has 2 rings (SSSR count). The lowest BCUT2D eigenvalue weighted by molar-refractivity contribution is -0.119. The number of nitrogens with two attached hydrogens (primary N) is 1. The summed E-state index contributed by atoms with van der Waals surface area (Å²) in [5, 5.41) is 0. The summed E-state index contributed by atoms with van der Waals surface area (Å²) in [5.41, 5.74) is 5.20. The van der Waals surface area contributed by atoms with Crippen molar-refractivity contribution in [1.82, 2.24) is 14.9 Å². The standard InChI is InChI=1S/C14H23N5O3/c1-3-21-14-6-13(16-10-17-14)19-4-5-22-11(8-19)7-18(2)9-12(15)20/h6,10-11H,3-5,7-9H2,1-2H3,(H2,15,20). The number of rotatable bonds is 7. The molecule has 1 aromatic rings. The maximum absolute atomic E-state index is 10.9. The number of nitrogens with zero attached hydrogens (tertiary/aromatic N) is 4. The number of carbonyl (C=O) groups excluding carboxylic acids is 1. The second-order valence-electron chi connectivity index (χ2n) is 5.25. The van der Waals surface area contributed by atoms with Gasteiger partial charge in [-0.15, -0.1) is 0 Å². The van der Waals surface area contributed by atoms with E-state index in [9.17, 15) is 4.79 Å². The Bertz CT molecular complexity index is 499. The van der Waals surface area contributed by atoms with Crippen molar-refractivity contribution in [2.75, 3.05) is 51.3 Å². The Balaban J connectivity index is 1.95. The molecule has 0 saturated carbocycles. The van der Waals surface area contributed by atoms with Crippen LogP contribution in [0.5, 0.6) is 5.88 Å². The molecule has 0 bridgehead atoms. The third-order valence-corrected chi connectivity index (χ3v) is 3.32. The van der Waals surface area contributed by atoms with Crippen LogP contribution in [0.2, 0.25) is 0 Å². The number of likely N-dealkylation sites (N-methyl/N-ethyl adjacent to an activating group) is 1. The molecule has 0 aromatic carbocycles. The van der Waals surface area contributed by atoms with Gasteiger partial charge in [-0.05, 0) is 14.0 Å². The topological polar surface area (TPSA) is 93.8 Å². The first-order valence-electron chi connectivity index (χ1n) is 7.36. The zero-order chi connectivity index (χ0) is 15.9. The van der Waals surface area contributed by atoms with E-state index in [1.54, 1.807) is 0 Å². The maximum Gasteiger partial charge on any atom is 0.231 e. The third-order valence-electron chi connectivity index (χ3n) is 3.32. The highest BCUT2D eigenvalue weighted by Crippen LogP contribution is 2.18. The number of carbonyl (C=O) groups is 1. The Kier molecular flexibility index (Phi) is 5.91. The van der Waals surface area contributed by atoms with Gasteiger partial charge in [-0.1, -0.05) is 0 Å². The fourth-order valence-corrected chi connectivity index (χ4v) is 2.45. The third kappa shape index (κ3) is 4.81. The summed E-state index contributed by atoms with van der Waals surface area (Å²) in [6.07, 6.45) is 1.51. The molecule has 1 fully saturated rings. The number of aromatic nitrogens is 2. The van der Waals surface area contributed by atoms with Crippen molar-refractivity contribution in [2.45, 2.75) is 13.0 Å². The van der Waals surface area contributed by atoms with Gasteiger partial charge in [-0.2, -0.15) is 0 Å². The Morgan fingerprint density at radius 2 is 2.41 bits per heavy atom. The van der Waals surface area contributed by atoms with Crippen LogP contribution in [-0.2, 0) is 9.53 Å². The number of hydrogen-bond donors (Lipinski definition) is 1. The molecular weight excluding hydrogens is 286 g/mol. The van der Waals surface area contributed by atoms with E-state index >= 15 is 0 Å². The molecule has 1 aliphatic heterocycles. The first kappa shape index (κ1) is 16.4. The van der Waals surface area contributed by atoms with Crippen LogP contribution in [0.3, 0.4) is 0 Å². The highest BCUT2D eigenvalue weighted by molar-refractivity contribution is 5.75. The summed E-state index contributed by atoms with van der Waals surface area (Å²) < 4.78 is 11.2. The van der Waals surface area contributed by atoms with Crippen molar-refractivity contribution in [3.05, 3.63) is 12.4 Å². The molecule has 2 heterocycles. The van der Waals surface area contributed by atoms with Crippen molar-refractivity contribution < 1.29 is 14.3 Å². The zero-order valence-electron chi connectivity index (χ0n) is 13.1. The van der Waals surface area contributed by atoms with Crippen LogP contribution in [0.25, 0.3) is 0 Å². The summed E-state index contributed by atoms with van der Waals surface area (Å²) >= 11 is 0. The molecule has 1 amide bonds. The summed E-state index contributed by atoms with van der Waals surface area (Å²) in [6.45, 7) is 5.43. The molecule has 122 valence electrons. The van der Waals surface area contributed by atoms with E-state index in [-0.39, 0.29) is 18.6 Å². The average molecular weight is 309 g/mol. The van der Waals surface area contributed by atoms with Gasteiger partial charge >= 0.3 is 0 Å². The minimum Gasteiger partial charge on any atom is -0.478 e. The minimum absolute atomic E-state index is 0.00334. The Hall–Kier alpha value is -1.93. The van der Waals surface area contributed by atoms with Crippen LogP contribution in [0.4, 0.5) is 5.82 Å². The molecule has 8 heteroatoms. The van der Waals surface area contributed by atoms with Gasteiger partial charge in [0.2, 0.25) is 11.8 Å². The summed E-state index contributed by atoms with van der Waals surface area (Å²) in [4.78, 5) is 23.3. The molecule has 0 spiro atoms. The van der Waals surface area contributed by atoms with E-state index in [1.807, 2.05) is 24.9 Å². The van der Waals surface area contributed by atoms with E-state index in [1.165, 1.54) is 6.33 Å². The lowest BCUT2D eigenvalue weighted by atomic mass is 10.2. The number of amides is 1. The van der Waals surface area contributed by atoms with Crippen LogP contribution in [0, 0.1) is 0 Å².